The van der Waals surface area contributed by atoms with Gasteiger partial charge in [0.2, 0.25) is 0 Å². The molecule has 2 aromatic rings. The van der Waals surface area contributed by atoms with Crippen LogP contribution >= 0.6 is 0 Å². The van der Waals surface area contributed by atoms with E-state index in [4.69, 9.17) is 0 Å². The monoisotopic (exact) mass is 267 g/mol. The molecule has 0 saturated heterocycles. The molecule has 0 unspecified atom stereocenters. The van der Waals surface area contributed by atoms with E-state index in [1.807, 2.05) is 50.4 Å². The van der Waals surface area contributed by atoms with Gasteiger partial charge >= 0.3 is 0 Å². The lowest BCUT2D eigenvalue weighted by atomic mass is 10.1. The van der Waals surface area contributed by atoms with Gasteiger partial charge < -0.3 is 4.90 Å². The summed E-state index contributed by atoms with van der Waals surface area (Å²) in [5, 5.41) is 0. The van der Waals surface area contributed by atoms with Crippen LogP contribution in [0.1, 0.15) is 27.9 Å². The first kappa shape index (κ1) is 14.3. The number of benzene rings is 2. The Bertz CT molecular complexity index is 587. The molecule has 2 heteroatoms. The normalized spacial score (nSPS) is 10.3. The fourth-order valence-electron chi connectivity index (χ4n) is 2.27. The number of para-hydroxylation sites is 1. The summed E-state index contributed by atoms with van der Waals surface area (Å²) in [4.78, 5) is 14.3. The minimum absolute atomic E-state index is 0.199. The maximum absolute atomic E-state index is 12.2. The maximum Gasteiger partial charge on any atom is 0.164 e. The molecule has 0 radical (unpaired) electrons. The average Bonchev–Trinajstić information content (AvgIpc) is 2.45. The molecule has 0 bridgehead atoms. The van der Waals surface area contributed by atoms with Gasteiger partial charge in [0, 0.05) is 31.3 Å². The Morgan fingerprint density at radius 2 is 1.65 bits per heavy atom. The van der Waals surface area contributed by atoms with E-state index in [1.54, 1.807) is 0 Å². The molecular formula is C18H21NO. The molecule has 20 heavy (non-hydrogen) atoms. The Morgan fingerprint density at radius 1 is 1.00 bits per heavy atom. The molecule has 0 fully saturated rings. The molecule has 0 aliphatic carbocycles. The standard InChI is InChI=1S/C18H21NO/c1-14-8-10-16(11-9-14)18(20)12-13-19(3)17-7-5-4-6-15(17)2/h4-11H,12-13H2,1-3H3. The van der Waals surface area contributed by atoms with Crippen molar-refractivity contribution in [3.63, 3.8) is 0 Å². The highest BCUT2D eigenvalue weighted by atomic mass is 16.1. The van der Waals surface area contributed by atoms with Crippen molar-refractivity contribution < 1.29 is 4.79 Å². The summed E-state index contributed by atoms with van der Waals surface area (Å²) >= 11 is 0. The van der Waals surface area contributed by atoms with E-state index in [2.05, 4.69) is 24.0 Å². The van der Waals surface area contributed by atoms with E-state index in [0.717, 1.165) is 12.1 Å². The zero-order valence-electron chi connectivity index (χ0n) is 12.4. The van der Waals surface area contributed by atoms with Crippen LogP contribution in [-0.4, -0.2) is 19.4 Å². The van der Waals surface area contributed by atoms with Crippen molar-refractivity contribution >= 4 is 11.5 Å². The first-order valence-corrected chi connectivity index (χ1v) is 6.94. The SMILES string of the molecule is Cc1ccc(C(=O)CCN(C)c2ccccc2C)cc1. The summed E-state index contributed by atoms with van der Waals surface area (Å²) in [5.41, 5.74) is 4.40. The molecule has 0 aliphatic rings. The summed E-state index contributed by atoms with van der Waals surface area (Å²) in [7, 11) is 2.03. The maximum atomic E-state index is 12.2. The van der Waals surface area contributed by atoms with Gasteiger partial charge in [-0.05, 0) is 25.5 Å². The average molecular weight is 267 g/mol. The number of ketones is 1. The molecular weight excluding hydrogens is 246 g/mol. The molecule has 2 aromatic carbocycles. The van der Waals surface area contributed by atoms with E-state index in [-0.39, 0.29) is 5.78 Å². The fourth-order valence-corrected chi connectivity index (χ4v) is 2.27. The zero-order valence-corrected chi connectivity index (χ0v) is 12.4. The van der Waals surface area contributed by atoms with Crippen LogP contribution in [0.5, 0.6) is 0 Å². The number of aryl methyl sites for hydroxylation is 2. The van der Waals surface area contributed by atoms with Crippen LogP contribution in [0.3, 0.4) is 0 Å². The van der Waals surface area contributed by atoms with Gasteiger partial charge in [-0.25, -0.2) is 0 Å². The molecule has 0 aliphatic heterocycles. The van der Waals surface area contributed by atoms with Gasteiger partial charge in [-0.2, -0.15) is 0 Å². The molecule has 0 saturated carbocycles. The molecule has 0 amide bonds. The highest BCUT2D eigenvalue weighted by Crippen LogP contribution is 2.18. The lowest BCUT2D eigenvalue weighted by molar-refractivity contribution is 0.0985. The summed E-state index contributed by atoms with van der Waals surface area (Å²) < 4.78 is 0. The van der Waals surface area contributed by atoms with Crippen molar-refractivity contribution in [2.75, 3.05) is 18.5 Å². The van der Waals surface area contributed by atoms with Crippen LogP contribution in [0.25, 0.3) is 0 Å². The highest BCUT2D eigenvalue weighted by Gasteiger charge is 2.09. The van der Waals surface area contributed by atoms with Gasteiger partial charge in [-0.15, -0.1) is 0 Å². The lowest BCUT2D eigenvalue weighted by Gasteiger charge is -2.21. The van der Waals surface area contributed by atoms with Crippen LogP contribution in [0, 0.1) is 13.8 Å². The summed E-state index contributed by atoms with van der Waals surface area (Å²) in [5.74, 6) is 0.199. The Labute approximate surface area is 121 Å². The Hall–Kier alpha value is -2.09. The minimum Gasteiger partial charge on any atom is -0.374 e. The fraction of sp³-hybridized carbons (Fsp3) is 0.278. The van der Waals surface area contributed by atoms with Gasteiger partial charge in [0.25, 0.3) is 0 Å². The van der Waals surface area contributed by atoms with Crippen LogP contribution in [-0.2, 0) is 0 Å². The molecule has 0 heterocycles. The molecule has 0 spiro atoms. The molecule has 0 N–H and O–H groups in total. The number of nitrogens with zero attached hydrogens (tertiary/aromatic N) is 1. The molecule has 2 rings (SSSR count). The Morgan fingerprint density at radius 3 is 2.30 bits per heavy atom. The molecule has 104 valence electrons. The van der Waals surface area contributed by atoms with E-state index >= 15 is 0 Å². The van der Waals surface area contributed by atoms with Crippen LogP contribution < -0.4 is 4.90 Å². The van der Waals surface area contributed by atoms with Crippen molar-refractivity contribution in [2.45, 2.75) is 20.3 Å². The first-order valence-electron chi connectivity index (χ1n) is 6.94. The number of carbonyl (C=O) groups excluding carboxylic acids is 1. The van der Waals surface area contributed by atoms with Gasteiger partial charge in [-0.1, -0.05) is 48.0 Å². The zero-order chi connectivity index (χ0) is 14.5. The quantitative estimate of drug-likeness (QED) is 0.763. The molecule has 2 nitrogen and oxygen atoms in total. The predicted molar refractivity (Wildman–Crippen MR) is 84.6 cm³/mol. The van der Waals surface area contributed by atoms with E-state index in [0.29, 0.717) is 6.42 Å². The molecule has 0 atom stereocenters. The lowest BCUT2D eigenvalue weighted by Crippen LogP contribution is -2.21. The number of rotatable bonds is 5. The van der Waals surface area contributed by atoms with Crippen molar-refractivity contribution in [2.24, 2.45) is 0 Å². The van der Waals surface area contributed by atoms with Crippen LogP contribution in [0.15, 0.2) is 48.5 Å². The van der Waals surface area contributed by atoms with Crippen molar-refractivity contribution in [1.29, 1.82) is 0 Å². The second kappa shape index (κ2) is 6.38. The smallest absolute Gasteiger partial charge is 0.164 e. The van der Waals surface area contributed by atoms with Crippen molar-refractivity contribution in [1.82, 2.24) is 0 Å². The second-order valence-electron chi connectivity index (χ2n) is 5.25. The number of Topliss-reactive ketones (excluding diaryl/α,β-unsaturated/α-hetero) is 1. The van der Waals surface area contributed by atoms with Gasteiger partial charge in [-0.3, -0.25) is 4.79 Å². The third-order valence-corrected chi connectivity index (χ3v) is 3.57. The van der Waals surface area contributed by atoms with E-state index in [1.165, 1.54) is 16.8 Å². The summed E-state index contributed by atoms with van der Waals surface area (Å²) in [6.07, 6.45) is 0.536. The predicted octanol–water partition coefficient (Wildman–Crippen LogP) is 4.01. The summed E-state index contributed by atoms with van der Waals surface area (Å²) in [6, 6.07) is 16.0. The van der Waals surface area contributed by atoms with Crippen molar-refractivity contribution in [3.8, 4) is 0 Å². The largest absolute Gasteiger partial charge is 0.374 e. The topological polar surface area (TPSA) is 20.3 Å². The number of carbonyl (C=O) groups is 1. The number of hydrogen-bond donors (Lipinski definition) is 0. The van der Waals surface area contributed by atoms with Gasteiger partial charge in [0.1, 0.15) is 0 Å². The second-order valence-corrected chi connectivity index (χ2v) is 5.25. The summed E-state index contributed by atoms with van der Waals surface area (Å²) in [6.45, 7) is 4.85. The van der Waals surface area contributed by atoms with Crippen LogP contribution in [0.2, 0.25) is 0 Å². The van der Waals surface area contributed by atoms with E-state index in [9.17, 15) is 4.79 Å². The van der Waals surface area contributed by atoms with Gasteiger partial charge in [0.15, 0.2) is 5.78 Å². The number of hydrogen-bond acceptors (Lipinski definition) is 2. The molecule has 0 aromatic heterocycles. The third-order valence-electron chi connectivity index (χ3n) is 3.57. The van der Waals surface area contributed by atoms with Crippen molar-refractivity contribution in [3.05, 3.63) is 65.2 Å². The van der Waals surface area contributed by atoms with Gasteiger partial charge in [0.05, 0.1) is 0 Å². The Balaban J connectivity index is 1.97. The highest BCUT2D eigenvalue weighted by molar-refractivity contribution is 5.96. The Kier molecular flexibility index (Phi) is 4.57. The first-order chi connectivity index (χ1) is 9.58. The third kappa shape index (κ3) is 3.47. The van der Waals surface area contributed by atoms with Crippen LogP contribution in [0.4, 0.5) is 5.69 Å². The van der Waals surface area contributed by atoms with E-state index < -0.39 is 0 Å². The number of anilines is 1. The minimum atomic E-state index is 0.199.